The van der Waals surface area contributed by atoms with E-state index in [1.54, 1.807) is 6.92 Å². The summed E-state index contributed by atoms with van der Waals surface area (Å²) in [6.45, 7) is 2.02. The number of hydrogen-bond acceptors (Lipinski definition) is 5. The standard InChI is InChI=1S/C8H11N3O3/c1-3-14-8(12)11-7-9-4-6(13-2)5-10-7/h4-5H,3H2,1-2H3,(H,9,10,11,12). The second kappa shape index (κ2) is 5.00. The van der Waals surface area contributed by atoms with Gasteiger partial charge in [-0.3, -0.25) is 5.32 Å². The average Bonchev–Trinajstić information content (AvgIpc) is 2.19. The molecule has 1 aromatic rings. The highest BCUT2D eigenvalue weighted by molar-refractivity contribution is 5.82. The SMILES string of the molecule is CCOC(=O)Nc1ncc(OC)cn1. The number of carbonyl (C=O) groups excluding carboxylic acids is 1. The number of methoxy groups -OCH3 is 1. The smallest absolute Gasteiger partial charge is 0.414 e. The molecule has 0 fully saturated rings. The highest BCUT2D eigenvalue weighted by atomic mass is 16.5. The molecule has 0 radical (unpaired) electrons. The molecule has 76 valence electrons. The summed E-state index contributed by atoms with van der Waals surface area (Å²) in [5.41, 5.74) is 0. The van der Waals surface area contributed by atoms with Gasteiger partial charge in [-0.15, -0.1) is 0 Å². The Morgan fingerprint density at radius 2 is 2.14 bits per heavy atom. The lowest BCUT2D eigenvalue weighted by Crippen LogP contribution is -2.15. The fourth-order valence-corrected chi connectivity index (χ4v) is 0.745. The van der Waals surface area contributed by atoms with Gasteiger partial charge in [-0.25, -0.2) is 14.8 Å². The van der Waals surface area contributed by atoms with Crippen LogP contribution in [0.25, 0.3) is 0 Å². The summed E-state index contributed by atoms with van der Waals surface area (Å²) in [5.74, 6) is 0.712. The predicted octanol–water partition coefficient (Wildman–Crippen LogP) is 1.05. The predicted molar refractivity (Wildman–Crippen MR) is 49.2 cm³/mol. The Morgan fingerprint density at radius 3 is 2.64 bits per heavy atom. The van der Waals surface area contributed by atoms with E-state index in [2.05, 4.69) is 20.0 Å². The summed E-state index contributed by atoms with van der Waals surface area (Å²) in [5, 5.41) is 2.36. The number of rotatable bonds is 3. The summed E-state index contributed by atoms with van der Waals surface area (Å²) >= 11 is 0. The molecule has 1 N–H and O–H groups in total. The highest BCUT2D eigenvalue weighted by Gasteiger charge is 2.03. The van der Waals surface area contributed by atoms with Crippen LogP contribution >= 0.6 is 0 Å². The topological polar surface area (TPSA) is 73.3 Å². The zero-order valence-electron chi connectivity index (χ0n) is 7.98. The highest BCUT2D eigenvalue weighted by Crippen LogP contribution is 2.06. The van der Waals surface area contributed by atoms with Gasteiger partial charge in [0.05, 0.1) is 26.1 Å². The first-order valence-corrected chi connectivity index (χ1v) is 4.06. The molecule has 0 saturated carbocycles. The summed E-state index contributed by atoms with van der Waals surface area (Å²) in [6, 6.07) is 0. The van der Waals surface area contributed by atoms with Crippen LogP contribution in [-0.4, -0.2) is 29.8 Å². The minimum atomic E-state index is -0.572. The molecular formula is C8H11N3O3. The lowest BCUT2D eigenvalue weighted by Gasteiger charge is -2.03. The van der Waals surface area contributed by atoms with Crippen molar-refractivity contribution in [1.82, 2.24) is 9.97 Å². The normalized spacial score (nSPS) is 9.29. The number of carbonyl (C=O) groups is 1. The van der Waals surface area contributed by atoms with Gasteiger partial charge in [-0.2, -0.15) is 0 Å². The van der Waals surface area contributed by atoms with Crippen molar-refractivity contribution in [3.05, 3.63) is 12.4 Å². The zero-order chi connectivity index (χ0) is 10.4. The first-order chi connectivity index (χ1) is 6.76. The van der Waals surface area contributed by atoms with E-state index in [4.69, 9.17) is 4.74 Å². The molecule has 6 heteroatoms. The van der Waals surface area contributed by atoms with Crippen LogP contribution in [0.15, 0.2) is 12.4 Å². The van der Waals surface area contributed by atoms with Crippen molar-refractivity contribution in [1.29, 1.82) is 0 Å². The van der Waals surface area contributed by atoms with Crippen LogP contribution in [0.5, 0.6) is 5.75 Å². The Bertz CT molecular complexity index is 299. The number of aromatic nitrogens is 2. The molecule has 0 saturated heterocycles. The molecule has 0 aliphatic rings. The molecule has 0 aliphatic heterocycles. The Kier molecular flexibility index (Phi) is 3.66. The van der Waals surface area contributed by atoms with Gasteiger partial charge >= 0.3 is 6.09 Å². The van der Waals surface area contributed by atoms with Crippen LogP contribution < -0.4 is 10.1 Å². The monoisotopic (exact) mass is 197 g/mol. The number of hydrogen-bond donors (Lipinski definition) is 1. The largest absolute Gasteiger partial charge is 0.494 e. The number of anilines is 1. The molecular weight excluding hydrogens is 186 g/mol. The van der Waals surface area contributed by atoms with Crippen LogP contribution in [0.4, 0.5) is 10.7 Å². The van der Waals surface area contributed by atoms with Crippen molar-refractivity contribution < 1.29 is 14.3 Å². The molecule has 1 aromatic heterocycles. The maximum absolute atomic E-state index is 10.9. The quantitative estimate of drug-likeness (QED) is 0.784. The van der Waals surface area contributed by atoms with Gasteiger partial charge in [0.25, 0.3) is 0 Å². The van der Waals surface area contributed by atoms with Gasteiger partial charge in [-0.1, -0.05) is 0 Å². The molecule has 6 nitrogen and oxygen atoms in total. The van der Waals surface area contributed by atoms with Crippen molar-refractivity contribution in [2.45, 2.75) is 6.92 Å². The Labute approximate surface area is 81.3 Å². The Balaban J connectivity index is 2.55. The second-order valence-electron chi connectivity index (χ2n) is 2.29. The van der Waals surface area contributed by atoms with Crippen LogP contribution in [0.2, 0.25) is 0 Å². The fourth-order valence-electron chi connectivity index (χ4n) is 0.745. The maximum Gasteiger partial charge on any atom is 0.414 e. The van der Waals surface area contributed by atoms with Crippen molar-refractivity contribution >= 4 is 12.0 Å². The molecule has 1 rings (SSSR count). The van der Waals surface area contributed by atoms with Gasteiger partial charge < -0.3 is 9.47 Å². The molecule has 1 amide bonds. The second-order valence-corrected chi connectivity index (χ2v) is 2.29. The van der Waals surface area contributed by atoms with Gasteiger partial charge in [0.15, 0.2) is 5.75 Å². The molecule has 0 aromatic carbocycles. The van der Waals surface area contributed by atoms with Gasteiger partial charge in [0, 0.05) is 0 Å². The average molecular weight is 197 g/mol. The van der Waals surface area contributed by atoms with Crippen molar-refractivity contribution in [2.24, 2.45) is 0 Å². The number of nitrogens with one attached hydrogen (secondary N) is 1. The van der Waals surface area contributed by atoms with E-state index in [1.807, 2.05) is 0 Å². The van der Waals surface area contributed by atoms with E-state index in [0.717, 1.165) is 0 Å². The van der Waals surface area contributed by atoms with Gasteiger partial charge in [0.2, 0.25) is 5.95 Å². The molecule has 1 heterocycles. The van der Waals surface area contributed by atoms with Crippen LogP contribution in [-0.2, 0) is 4.74 Å². The van der Waals surface area contributed by atoms with E-state index < -0.39 is 6.09 Å². The van der Waals surface area contributed by atoms with Crippen molar-refractivity contribution in [3.8, 4) is 5.75 Å². The summed E-state index contributed by atoms with van der Waals surface area (Å²) in [6.07, 6.45) is 2.33. The Hall–Kier alpha value is -1.85. The third-order valence-corrected chi connectivity index (χ3v) is 1.35. The fraction of sp³-hybridized carbons (Fsp3) is 0.375. The lowest BCUT2D eigenvalue weighted by atomic mass is 10.6. The van der Waals surface area contributed by atoms with E-state index in [9.17, 15) is 4.79 Å². The van der Waals surface area contributed by atoms with Crippen LogP contribution in [0, 0.1) is 0 Å². The summed E-state index contributed by atoms with van der Waals surface area (Å²) < 4.78 is 9.49. The summed E-state index contributed by atoms with van der Waals surface area (Å²) in [4.78, 5) is 18.6. The number of amides is 1. The van der Waals surface area contributed by atoms with Crippen LogP contribution in [0.3, 0.4) is 0 Å². The van der Waals surface area contributed by atoms with Gasteiger partial charge in [-0.05, 0) is 6.92 Å². The minimum Gasteiger partial charge on any atom is -0.494 e. The Morgan fingerprint density at radius 1 is 1.50 bits per heavy atom. The minimum absolute atomic E-state index is 0.184. The molecule has 0 aliphatic carbocycles. The van der Waals surface area contributed by atoms with E-state index >= 15 is 0 Å². The third kappa shape index (κ3) is 2.89. The first kappa shape index (κ1) is 10.2. The zero-order valence-corrected chi connectivity index (χ0v) is 7.98. The van der Waals surface area contributed by atoms with Gasteiger partial charge in [0.1, 0.15) is 0 Å². The molecule has 0 spiro atoms. The lowest BCUT2D eigenvalue weighted by molar-refractivity contribution is 0.167. The number of ether oxygens (including phenoxy) is 2. The third-order valence-electron chi connectivity index (χ3n) is 1.35. The van der Waals surface area contributed by atoms with E-state index in [-0.39, 0.29) is 5.95 Å². The maximum atomic E-state index is 10.9. The van der Waals surface area contributed by atoms with Crippen molar-refractivity contribution in [2.75, 3.05) is 19.0 Å². The van der Waals surface area contributed by atoms with E-state index in [0.29, 0.717) is 12.4 Å². The molecule has 0 unspecified atom stereocenters. The number of nitrogens with zero attached hydrogens (tertiary/aromatic N) is 2. The molecule has 0 bridgehead atoms. The first-order valence-electron chi connectivity index (χ1n) is 4.06. The molecule has 0 atom stereocenters. The summed E-state index contributed by atoms with van der Waals surface area (Å²) in [7, 11) is 1.51. The van der Waals surface area contributed by atoms with E-state index in [1.165, 1.54) is 19.5 Å². The molecule has 14 heavy (non-hydrogen) atoms. The van der Waals surface area contributed by atoms with Crippen LogP contribution in [0.1, 0.15) is 6.92 Å². The van der Waals surface area contributed by atoms with Crippen molar-refractivity contribution in [3.63, 3.8) is 0 Å².